The van der Waals surface area contributed by atoms with E-state index in [0.717, 1.165) is 23.7 Å². The van der Waals surface area contributed by atoms with Gasteiger partial charge in [-0.25, -0.2) is 0 Å². The summed E-state index contributed by atoms with van der Waals surface area (Å²) in [6.07, 6.45) is 4.15. The van der Waals surface area contributed by atoms with Crippen LogP contribution in [-0.2, 0) is 12.8 Å². The molecule has 0 radical (unpaired) electrons. The Morgan fingerprint density at radius 1 is 1.28 bits per heavy atom. The van der Waals surface area contributed by atoms with Crippen LogP contribution in [0.4, 0.5) is 0 Å². The molecule has 4 nitrogen and oxygen atoms in total. The molecule has 0 saturated heterocycles. The van der Waals surface area contributed by atoms with E-state index in [0.29, 0.717) is 12.3 Å². The molecule has 94 valence electrons. The number of benzene rings is 1. The largest absolute Gasteiger partial charge is 0.339 e. The molecule has 1 heterocycles. The summed E-state index contributed by atoms with van der Waals surface area (Å²) in [7, 11) is 0. The lowest BCUT2D eigenvalue weighted by Crippen LogP contribution is -2.13. The van der Waals surface area contributed by atoms with E-state index in [1.54, 1.807) is 0 Å². The van der Waals surface area contributed by atoms with Gasteiger partial charge < -0.3 is 10.3 Å². The zero-order valence-electron chi connectivity index (χ0n) is 10.2. The second-order valence-corrected chi connectivity index (χ2v) is 4.97. The quantitative estimate of drug-likeness (QED) is 0.874. The van der Waals surface area contributed by atoms with Gasteiger partial charge in [-0.15, -0.1) is 0 Å². The van der Waals surface area contributed by atoms with E-state index in [2.05, 4.69) is 10.1 Å². The first-order chi connectivity index (χ1) is 8.81. The maximum Gasteiger partial charge on any atom is 0.228 e. The van der Waals surface area contributed by atoms with Crippen LogP contribution < -0.4 is 5.73 Å². The first-order valence-corrected chi connectivity index (χ1v) is 6.43. The fraction of sp³-hybridized carbons (Fsp3) is 0.429. The fourth-order valence-electron chi connectivity index (χ4n) is 2.04. The van der Waals surface area contributed by atoms with Gasteiger partial charge in [-0.1, -0.05) is 35.5 Å². The van der Waals surface area contributed by atoms with Crippen molar-refractivity contribution >= 4 is 0 Å². The average molecular weight is 243 g/mol. The van der Waals surface area contributed by atoms with Crippen molar-refractivity contribution in [2.24, 2.45) is 11.7 Å². The Hall–Kier alpha value is -1.68. The van der Waals surface area contributed by atoms with Gasteiger partial charge in [0.2, 0.25) is 5.89 Å². The molecule has 1 atom stereocenters. The highest BCUT2D eigenvalue weighted by Gasteiger charge is 2.24. The van der Waals surface area contributed by atoms with Gasteiger partial charge in [0.15, 0.2) is 5.82 Å². The SMILES string of the molecule is NC(Cc1nc(CC2CC2)no1)c1ccccc1. The number of hydrogen-bond acceptors (Lipinski definition) is 4. The van der Waals surface area contributed by atoms with Crippen molar-refractivity contribution in [3.05, 3.63) is 47.6 Å². The highest BCUT2D eigenvalue weighted by Crippen LogP contribution is 2.31. The molecule has 3 rings (SSSR count). The molecule has 4 heteroatoms. The maximum atomic E-state index is 6.12. The van der Waals surface area contributed by atoms with Crippen LogP contribution in [-0.4, -0.2) is 10.1 Å². The van der Waals surface area contributed by atoms with Crippen molar-refractivity contribution in [1.29, 1.82) is 0 Å². The number of hydrogen-bond donors (Lipinski definition) is 1. The molecule has 0 aliphatic heterocycles. The Balaban J connectivity index is 1.63. The Labute approximate surface area is 106 Å². The Kier molecular flexibility index (Phi) is 3.11. The van der Waals surface area contributed by atoms with Gasteiger partial charge in [0, 0.05) is 18.9 Å². The Bertz CT molecular complexity index is 505. The summed E-state index contributed by atoms with van der Waals surface area (Å²) in [5.41, 5.74) is 7.22. The minimum absolute atomic E-state index is 0.0829. The Morgan fingerprint density at radius 2 is 2.06 bits per heavy atom. The van der Waals surface area contributed by atoms with E-state index in [4.69, 9.17) is 10.3 Å². The normalized spacial score (nSPS) is 16.7. The van der Waals surface area contributed by atoms with Crippen LogP contribution in [0.1, 0.15) is 36.2 Å². The van der Waals surface area contributed by atoms with Gasteiger partial charge in [0.25, 0.3) is 0 Å². The third-order valence-electron chi connectivity index (χ3n) is 3.30. The molecule has 1 aromatic heterocycles. The molecule has 0 amide bonds. The van der Waals surface area contributed by atoms with Crippen molar-refractivity contribution < 1.29 is 4.52 Å². The van der Waals surface area contributed by atoms with Crippen LogP contribution >= 0.6 is 0 Å². The molecule has 1 aliphatic carbocycles. The molecular weight excluding hydrogens is 226 g/mol. The topological polar surface area (TPSA) is 64.9 Å². The summed E-state index contributed by atoms with van der Waals surface area (Å²) in [6.45, 7) is 0. The number of aromatic nitrogens is 2. The fourth-order valence-corrected chi connectivity index (χ4v) is 2.04. The molecule has 1 unspecified atom stereocenters. The highest BCUT2D eigenvalue weighted by molar-refractivity contribution is 5.19. The number of rotatable bonds is 5. The van der Waals surface area contributed by atoms with E-state index in [9.17, 15) is 0 Å². The van der Waals surface area contributed by atoms with Gasteiger partial charge in [0.1, 0.15) is 0 Å². The zero-order valence-corrected chi connectivity index (χ0v) is 10.2. The van der Waals surface area contributed by atoms with E-state index in [-0.39, 0.29) is 6.04 Å². The molecule has 2 aromatic rings. The molecule has 1 aliphatic rings. The van der Waals surface area contributed by atoms with Crippen LogP contribution in [0.3, 0.4) is 0 Å². The average Bonchev–Trinajstić information content (AvgIpc) is 3.10. The predicted molar refractivity (Wildman–Crippen MR) is 67.8 cm³/mol. The number of nitrogens with two attached hydrogens (primary N) is 1. The summed E-state index contributed by atoms with van der Waals surface area (Å²) < 4.78 is 5.24. The molecular formula is C14H17N3O. The van der Waals surface area contributed by atoms with Gasteiger partial charge in [-0.05, 0) is 24.3 Å². The summed E-state index contributed by atoms with van der Waals surface area (Å²) in [5, 5.41) is 4.00. The van der Waals surface area contributed by atoms with Crippen LogP contribution in [0.5, 0.6) is 0 Å². The van der Waals surface area contributed by atoms with Crippen molar-refractivity contribution in [3.8, 4) is 0 Å². The molecule has 18 heavy (non-hydrogen) atoms. The minimum Gasteiger partial charge on any atom is -0.339 e. The van der Waals surface area contributed by atoms with E-state index < -0.39 is 0 Å². The summed E-state index contributed by atoms with van der Waals surface area (Å²) in [4.78, 5) is 4.40. The van der Waals surface area contributed by atoms with Gasteiger partial charge >= 0.3 is 0 Å². The van der Waals surface area contributed by atoms with Crippen LogP contribution in [0.15, 0.2) is 34.9 Å². The van der Waals surface area contributed by atoms with Gasteiger partial charge in [-0.2, -0.15) is 4.98 Å². The summed E-state index contributed by atoms with van der Waals surface area (Å²) >= 11 is 0. The first-order valence-electron chi connectivity index (χ1n) is 6.43. The molecule has 1 aromatic carbocycles. The highest BCUT2D eigenvalue weighted by atomic mass is 16.5. The molecule has 0 bridgehead atoms. The summed E-state index contributed by atoms with van der Waals surface area (Å²) in [5.74, 6) is 2.24. The van der Waals surface area contributed by atoms with Crippen LogP contribution in [0, 0.1) is 5.92 Å². The maximum absolute atomic E-state index is 6.12. The first kappa shape index (κ1) is 11.4. The van der Waals surface area contributed by atoms with Crippen molar-refractivity contribution in [2.45, 2.75) is 31.7 Å². The van der Waals surface area contributed by atoms with Crippen molar-refractivity contribution in [1.82, 2.24) is 10.1 Å². The smallest absolute Gasteiger partial charge is 0.228 e. The lowest BCUT2D eigenvalue weighted by Gasteiger charge is -2.08. The molecule has 0 spiro atoms. The lowest BCUT2D eigenvalue weighted by atomic mass is 10.1. The Morgan fingerprint density at radius 3 is 2.78 bits per heavy atom. The molecule has 1 fully saturated rings. The second-order valence-electron chi connectivity index (χ2n) is 4.97. The van der Waals surface area contributed by atoms with E-state index >= 15 is 0 Å². The van der Waals surface area contributed by atoms with Crippen LogP contribution in [0.2, 0.25) is 0 Å². The van der Waals surface area contributed by atoms with E-state index in [1.807, 2.05) is 30.3 Å². The van der Waals surface area contributed by atoms with E-state index in [1.165, 1.54) is 12.8 Å². The van der Waals surface area contributed by atoms with Crippen molar-refractivity contribution in [2.75, 3.05) is 0 Å². The number of nitrogens with zero attached hydrogens (tertiary/aromatic N) is 2. The predicted octanol–water partition coefficient (Wildman–Crippen LogP) is 2.26. The minimum atomic E-state index is -0.0829. The summed E-state index contributed by atoms with van der Waals surface area (Å²) in [6, 6.07) is 9.92. The van der Waals surface area contributed by atoms with Crippen LogP contribution in [0.25, 0.3) is 0 Å². The zero-order chi connectivity index (χ0) is 12.4. The van der Waals surface area contributed by atoms with Gasteiger partial charge in [0.05, 0.1) is 0 Å². The standard InChI is InChI=1S/C14H17N3O/c15-12(11-4-2-1-3-5-11)9-14-16-13(17-18-14)8-10-6-7-10/h1-5,10,12H,6-9,15H2. The second kappa shape index (κ2) is 4.90. The van der Waals surface area contributed by atoms with Gasteiger partial charge in [-0.3, -0.25) is 0 Å². The lowest BCUT2D eigenvalue weighted by molar-refractivity contribution is 0.364. The third kappa shape index (κ3) is 2.76. The molecule has 2 N–H and O–H groups in total. The molecule has 1 saturated carbocycles. The monoisotopic (exact) mass is 243 g/mol. The van der Waals surface area contributed by atoms with Crippen molar-refractivity contribution in [3.63, 3.8) is 0 Å². The third-order valence-corrected chi connectivity index (χ3v) is 3.30.